The first-order valence-corrected chi connectivity index (χ1v) is 18.9. The molecule has 0 aliphatic heterocycles. The van der Waals surface area contributed by atoms with Crippen molar-refractivity contribution in [3.8, 4) is 0 Å². The molecule has 21 heteroatoms. The molecule has 0 atom stereocenters. The molecular weight excluding hydrogens is 762 g/mol. The summed E-state index contributed by atoms with van der Waals surface area (Å²) >= 11 is 0. The van der Waals surface area contributed by atoms with Crippen LogP contribution < -0.4 is 0 Å². The molecule has 0 aromatic rings. The molecule has 0 aliphatic carbocycles. The quantitative estimate of drug-likeness (QED) is 0.0520. The van der Waals surface area contributed by atoms with Crippen molar-refractivity contribution in [1.29, 1.82) is 0 Å². The molecule has 51 heavy (non-hydrogen) atoms. The number of alkyl halides is 17. The fourth-order valence-electron chi connectivity index (χ4n) is 5.00. The third-order valence-electron chi connectivity index (χ3n) is 8.37. The van der Waals surface area contributed by atoms with Crippen LogP contribution in [0.15, 0.2) is 0 Å². The van der Waals surface area contributed by atoms with Gasteiger partial charge in [-0.2, -0.15) is 0 Å². The fraction of sp³-hybridized carbons (Fsp3) is 1.00. The first-order chi connectivity index (χ1) is 22.6. The van der Waals surface area contributed by atoms with Crippen LogP contribution in [0.4, 0.5) is 74.6 Å². The standard InChI is InChI=1S/C30H48F17O3P/c1-21(2)15-11-7-5-9-13-19-51(48,49,20-14-10-6-8-12-16-22(3)4)50-18-17-23(31,32)24(33,34)25(35,36)26(37,38)27(39,40)28(41,42)29(43,44)30(45,46)47/h21-22,48-49H,5-20H2,1-4H3. The van der Waals surface area contributed by atoms with Crippen molar-refractivity contribution in [2.75, 3.05) is 18.9 Å². The van der Waals surface area contributed by atoms with E-state index in [2.05, 4.69) is 0 Å². The first kappa shape index (κ1) is 50.1. The molecule has 0 aromatic carbocycles. The zero-order chi connectivity index (χ0) is 40.6. The second-order valence-electron chi connectivity index (χ2n) is 13.9. The fourth-order valence-corrected chi connectivity index (χ4v) is 7.72. The Labute approximate surface area is 286 Å². The molecule has 0 fully saturated rings. The van der Waals surface area contributed by atoms with E-state index in [1.807, 2.05) is 27.7 Å². The van der Waals surface area contributed by atoms with Crippen molar-refractivity contribution in [3.63, 3.8) is 0 Å². The molecule has 0 saturated heterocycles. The van der Waals surface area contributed by atoms with Gasteiger partial charge in [0.2, 0.25) is 0 Å². The summed E-state index contributed by atoms with van der Waals surface area (Å²) in [7, 11) is -5.58. The van der Waals surface area contributed by atoms with E-state index in [0.29, 0.717) is 37.5 Å². The zero-order valence-corrected chi connectivity index (χ0v) is 29.5. The average Bonchev–Trinajstić information content (AvgIpc) is 2.94. The van der Waals surface area contributed by atoms with Crippen molar-refractivity contribution < 1.29 is 88.9 Å². The van der Waals surface area contributed by atoms with E-state index in [0.717, 1.165) is 38.5 Å². The summed E-state index contributed by atoms with van der Waals surface area (Å²) in [6.45, 7) is 5.94. The van der Waals surface area contributed by atoms with E-state index in [9.17, 15) is 84.4 Å². The predicted molar refractivity (Wildman–Crippen MR) is 157 cm³/mol. The SMILES string of the molecule is CC(C)CCCCCCCP(O)(O)(CCCCCCCC(C)C)OCCC(F)(F)C(F)(F)C(F)(F)C(F)(F)C(F)(F)C(F)(F)C(F)(F)C(F)(F)F. The van der Waals surface area contributed by atoms with Crippen LogP contribution in [0.5, 0.6) is 0 Å². The molecule has 310 valence electrons. The Kier molecular flexibility index (Phi) is 17.4. The van der Waals surface area contributed by atoms with Gasteiger partial charge in [0.05, 0.1) is 0 Å². The monoisotopic (exact) mass is 810 g/mol. The molecule has 0 saturated carbocycles. The third kappa shape index (κ3) is 12.1. The van der Waals surface area contributed by atoms with Gasteiger partial charge in [-0.15, -0.1) is 0 Å². The van der Waals surface area contributed by atoms with Crippen LogP contribution in [0, 0.1) is 11.8 Å². The molecule has 0 aromatic heterocycles. The van der Waals surface area contributed by atoms with E-state index in [4.69, 9.17) is 4.52 Å². The molecule has 0 heterocycles. The summed E-state index contributed by atoms with van der Waals surface area (Å²) in [5, 5.41) is 0. The minimum absolute atomic E-state index is 0.0103. The summed E-state index contributed by atoms with van der Waals surface area (Å²) in [6.07, 6.45) is -5.25. The molecule has 0 radical (unpaired) electrons. The van der Waals surface area contributed by atoms with E-state index < -0.39 is 80.3 Å². The van der Waals surface area contributed by atoms with E-state index >= 15 is 0 Å². The van der Waals surface area contributed by atoms with Crippen molar-refractivity contribution >= 4 is 7.28 Å². The average molecular weight is 811 g/mol. The maximum atomic E-state index is 14.4. The summed E-state index contributed by atoms with van der Waals surface area (Å²) in [6, 6.07) is 0. The van der Waals surface area contributed by atoms with Gasteiger partial charge in [-0.3, -0.25) is 0 Å². The van der Waals surface area contributed by atoms with Crippen LogP contribution in [0.2, 0.25) is 0 Å². The number of hydrogen-bond acceptors (Lipinski definition) is 3. The Bertz CT molecular complexity index is 1020. The van der Waals surface area contributed by atoms with Gasteiger partial charge in [-0.25, -0.2) is 0 Å². The zero-order valence-electron chi connectivity index (χ0n) is 28.6. The Morgan fingerprint density at radius 3 is 1.06 bits per heavy atom. The molecule has 0 amide bonds. The normalized spacial score (nSPS) is 15.9. The molecule has 0 spiro atoms. The molecule has 2 N–H and O–H groups in total. The summed E-state index contributed by atoms with van der Waals surface area (Å²) in [5.74, 6) is -56.2. The van der Waals surface area contributed by atoms with Gasteiger partial charge in [0.15, 0.2) is 0 Å². The van der Waals surface area contributed by atoms with Gasteiger partial charge in [0.25, 0.3) is 0 Å². The van der Waals surface area contributed by atoms with Gasteiger partial charge in [0.1, 0.15) is 0 Å². The predicted octanol–water partition coefficient (Wildman–Crippen LogP) is 12.7. The van der Waals surface area contributed by atoms with Gasteiger partial charge in [-0.05, 0) is 0 Å². The van der Waals surface area contributed by atoms with Gasteiger partial charge >= 0.3 is 286 Å². The summed E-state index contributed by atoms with van der Waals surface area (Å²) in [4.78, 5) is 22.1. The van der Waals surface area contributed by atoms with E-state index in [1.54, 1.807) is 0 Å². The van der Waals surface area contributed by atoms with Crippen molar-refractivity contribution in [3.05, 3.63) is 0 Å². The Morgan fingerprint density at radius 2 is 0.725 bits per heavy atom. The Balaban J connectivity index is 6.05. The van der Waals surface area contributed by atoms with E-state index in [-0.39, 0.29) is 12.8 Å². The van der Waals surface area contributed by atoms with Crippen molar-refractivity contribution in [1.82, 2.24) is 0 Å². The number of halogens is 17. The minimum atomic E-state index is -8.70. The van der Waals surface area contributed by atoms with Crippen LogP contribution in [0.3, 0.4) is 0 Å². The van der Waals surface area contributed by atoms with Crippen LogP contribution in [0.1, 0.15) is 111 Å². The van der Waals surface area contributed by atoms with Crippen LogP contribution >= 0.6 is 7.28 Å². The second-order valence-corrected chi connectivity index (χ2v) is 17.6. The van der Waals surface area contributed by atoms with Crippen LogP contribution in [0.25, 0.3) is 0 Å². The van der Waals surface area contributed by atoms with Crippen molar-refractivity contribution in [2.45, 2.75) is 159 Å². The molecule has 0 unspecified atom stereocenters. The molecule has 3 nitrogen and oxygen atoms in total. The number of rotatable bonds is 26. The second kappa shape index (κ2) is 17.7. The third-order valence-corrected chi connectivity index (χ3v) is 11.6. The topological polar surface area (TPSA) is 49.7 Å². The Hall–Kier alpha value is -0.880. The van der Waals surface area contributed by atoms with Gasteiger partial charge in [-0.1, -0.05) is 0 Å². The summed E-state index contributed by atoms with van der Waals surface area (Å²) in [5.41, 5.74) is 0. The number of unbranched alkanes of at least 4 members (excludes halogenated alkanes) is 8. The Morgan fingerprint density at radius 1 is 0.431 bits per heavy atom. The maximum absolute atomic E-state index is 14.4. The molecule has 0 aliphatic rings. The van der Waals surface area contributed by atoms with Crippen LogP contribution in [-0.2, 0) is 4.52 Å². The summed E-state index contributed by atoms with van der Waals surface area (Å²) < 4.78 is 236. The van der Waals surface area contributed by atoms with Crippen LogP contribution in [-0.4, -0.2) is 76.4 Å². The molecule has 0 bridgehead atoms. The molecule has 0 rings (SSSR count). The van der Waals surface area contributed by atoms with Crippen molar-refractivity contribution in [2.24, 2.45) is 11.8 Å². The molecular formula is C30H48F17O3P. The first-order valence-electron chi connectivity index (χ1n) is 16.4. The van der Waals surface area contributed by atoms with E-state index in [1.165, 1.54) is 0 Å². The number of hydrogen-bond donors (Lipinski definition) is 2. The van der Waals surface area contributed by atoms with Gasteiger partial charge in [0, 0.05) is 0 Å². The van der Waals surface area contributed by atoms with Gasteiger partial charge < -0.3 is 0 Å².